The van der Waals surface area contributed by atoms with Crippen molar-refractivity contribution in [3.8, 4) is 5.75 Å². The average Bonchev–Trinajstić information content (AvgIpc) is 3.15. The van der Waals surface area contributed by atoms with Gasteiger partial charge in [-0.1, -0.05) is 19.1 Å². The molecule has 0 aromatic heterocycles. The third-order valence-corrected chi connectivity index (χ3v) is 4.96. The highest BCUT2D eigenvalue weighted by atomic mass is 19.1. The topological polar surface area (TPSA) is 87.7 Å². The predicted octanol–water partition coefficient (Wildman–Crippen LogP) is 2.36. The molecule has 2 aromatic carbocycles. The van der Waals surface area contributed by atoms with E-state index in [2.05, 4.69) is 17.8 Å². The zero-order valence-electron chi connectivity index (χ0n) is 16.9. The van der Waals surface area contributed by atoms with Crippen LogP contribution in [0.5, 0.6) is 5.75 Å². The van der Waals surface area contributed by atoms with Gasteiger partial charge in [0, 0.05) is 18.7 Å². The summed E-state index contributed by atoms with van der Waals surface area (Å²) < 4.78 is 18.3. The van der Waals surface area contributed by atoms with E-state index >= 15 is 0 Å². The van der Waals surface area contributed by atoms with E-state index in [9.17, 15) is 18.8 Å². The van der Waals surface area contributed by atoms with Crippen molar-refractivity contribution >= 4 is 23.4 Å². The lowest BCUT2D eigenvalue weighted by Gasteiger charge is -2.18. The molecule has 0 saturated carbocycles. The number of aryl methyl sites for hydroxylation is 1. The minimum Gasteiger partial charge on any atom is -0.481 e. The van der Waals surface area contributed by atoms with Crippen molar-refractivity contribution < 1.29 is 23.5 Å². The first-order valence-electron chi connectivity index (χ1n) is 9.78. The van der Waals surface area contributed by atoms with Crippen LogP contribution in [0.15, 0.2) is 48.5 Å². The van der Waals surface area contributed by atoms with Gasteiger partial charge in [-0.3, -0.25) is 25.2 Å². The fourth-order valence-corrected chi connectivity index (χ4v) is 3.14. The summed E-state index contributed by atoms with van der Waals surface area (Å²) >= 11 is 0. The van der Waals surface area contributed by atoms with Gasteiger partial charge in [0.05, 0.1) is 5.92 Å². The summed E-state index contributed by atoms with van der Waals surface area (Å²) in [4.78, 5) is 38.5. The summed E-state index contributed by atoms with van der Waals surface area (Å²) in [7, 11) is 0. The number of anilines is 1. The number of nitrogens with one attached hydrogen (secondary N) is 2. The van der Waals surface area contributed by atoms with Gasteiger partial charge in [0.1, 0.15) is 11.6 Å². The third kappa shape index (κ3) is 5.14. The number of hydrogen-bond donors (Lipinski definition) is 2. The quantitative estimate of drug-likeness (QED) is 0.712. The smallest absolute Gasteiger partial charge is 0.279 e. The van der Waals surface area contributed by atoms with E-state index in [1.165, 1.54) is 36.8 Å². The summed E-state index contributed by atoms with van der Waals surface area (Å²) in [6.07, 6.45) is 0.0655. The molecule has 30 heavy (non-hydrogen) atoms. The Balaban J connectivity index is 1.50. The molecule has 2 atom stereocenters. The fraction of sp³-hybridized carbons (Fsp3) is 0.318. The number of ether oxygens (including phenoxy) is 1. The molecule has 2 unspecified atom stereocenters. The summed E-state index contributed by atoms with van der Waals surface area (Å²) in [5.41, 5.74) is 6.58. The van der Waals surface area contributed by atoms with Crippen LogP contribution in [-0.2, 0) is 20.8 Å². The molecule has 3 amide bonds. The lowest BCUT2D eigenvalue weighted by Crippen LogP contribution is -2.49. The molecular formula is C22H24FN3O4. The average molecular weight is 413 g/mol. The molecule has 1 fully saturated rings. The lowest BCUT2D eigenvalue weighted by atomic mass is 10.1. The largest absolute Gasteiger partial charge is 0.481 e. The van der Waals surface area contributed by atoms with Crippen LogP contribution in [0.25, 0.3) is 0 Å². The molecule has 8 heteroatoms. The number of nitrogens with zero attached hydrogens (tertiary/aromatic N) is 1. The highest BCUT2D eigenvalue weighted by Gasteiger charge is 2.35. The van der Waals surface area contributed by atoms with Gasteiger partial charge in [-0.05, 0) is 55.3 Å². The number of hydrazine groups is 1. The molecule has 158 valence electrons. The Labute approximate surface area is 174 Å². The summed E-state index contributed by atoms with van der Waals surface area (Å²) in [5, 5.41) is 0. The molecule has 1 heterocycles. The highest BCUT2D eigenvalue weighted by molar-refractivity contribution is 6.00. The van der Waals surface area contributed by atoms with Crippen LogP contribution in [0.3, 0.4) is 0 Å². The normalized spacial score (nSPS) is 16.8. The first-order chi connectivity index (χ1) is 14.4. The van der Waals surface area contributed by atoms with E-state index < -0.39 is 29.7 Å². The van der Waals surface area contributed by atoms with E-state index in [0.29, 0.717) is 5.75 Å². The van der Waals surface area contributed by atoms with Gasteiger partial charge in [0.15, 0.2) is 6.10 Å². The van der Waals surface area contributed by atoms with Crippen LogP contribution >= 0.6 is 0 Å². The van der Waals surface area contributed by atoms with Crippen molar-refractivity contribution in [2.24, 2.45) is 5.92 Å². The van der Waals surface area contributed by atoms with E-state index in [1.54, 1.807) is 4.90 Å². The van der Waals surface area contributed by atoms with E-state index in [0.717, 1.165) is 12.1 Å². The molecule has 0 aliphatic carbocycles. The maximum Gasteiger partial charge on any atom is 0.279 e. The SMILES string of the molecule is CCc1ccc(N2CC(C(=O)NNC(=O)C(C)Oc3ccc(F)cc3)CC2=O)cc1. The molecule has 1 aliphatic rings. The maximum atomic E-state index is 12.9. The Bertz CT molecular complexity index is 915. The number of benzene rings is 2. The number of rotatable bonds is 6. The minimum absolute atomic E-state index is 0.0683. The standard InChI is InChI=1S/C22H24FN3O4/c1-3-15-4-8-18(9-5-15)26-13-16(12-20(26)27)22(29)25-24-21(28)14(2)30-19-10-6-17(23)7-11-19/h4-11,14,16H,3,12-13H2,1-2H3,(H,24,28)(H,25,29). The van der Waals surface area contributed by atoms with Crippen molar-refractivity contribution in [2.75, 3.05) is 11.4 Å². The maximum absolute atomic E-state index is 12.9. The number of carbonyl (C=O) groups excluding carboxylic acids is 3. The molecule has 0 radical (unpaired) electrons. The van der Waals surface area contributed by atoms with Crippen LogP contribution in [0, 0.1) is 11.7 Å². The van der Waals surface area contributed by atoms with Gasteiger partial charge in [0.2, 0.25) is 11.8 Å². The zero-order valence-corrected chi connectivity index (χ0v) is 16.9. The van der Waals surface area contributed by atoms with Gasteiger partial charge in [0.25, 0.3) is 5.91 Å². The minimum atomic E-state index is -0.908. The summed E-state index contributed by atoms with van der Waals surface area (Å²) in [5.74, 6) is -1.80. The van der Waals surface area contributed by atoms with E-state index in [-0.39, 0.29) is 18.9 Å². The Morgan fingerprint density at radius 3 is 2.43 bits per heavy atom. The van der Waals surface area contributed by atoms with Gasteiger partial charge >= 0.3 is 0 Å². The first kappa shape index (κ1) is 21.3. The van der Waals surface area contributed by atoms with Crippen LogP contribution in [0.1, 0.15) is 25.8 Å². The molecule has 0 spiro atoms. The Morgan fingerprint density at radius 2 is 1.80 bits per heavy atom. The molecular weight excluding hydrogens is 389 g/mol. The summed E-state index contributed by atoms with van der Waals surface area (Å²) in [6.45, 7) is 3.80. The number of amides is 3. The molecule has 2 aromatic rings. The zero-order chi connectivity index (χ0) is 21.7. The van der Waals surface area contributed by atoms with Crippen molar-refractivity contribution in [3.63, 3.8) is 0 Å². The molecule has 0 bridgehead atoms. The van der Waals surface area contributed by atoms with Crippen molar-refractivity contribution in [3.05, 3.63) is 59.9 Å². The van der Waals surface area contributed by atoms with Gasteiger partial charge in [-0.25, -0.2) is 4.39 Å². The molecule has 3 rings (SSSR count). The summed E-state index contributed by atoms with van der Waals surface area (Å²) in [6, 6.07) is 12.9. The Morgan fingerprint density at radius 1 is 1.13 bits per heavy atom. The van der Waals surface area contributed by atoms with E-state index in [4.69, 9.17) is 4.74 Å². The third-order valence-electron chi connectivity index (χ3n) is 4.96. The monoisotopic (exact) mass is 413 g/mol. The van der Waals surface area contributed by atoms with Gasteiger partial charge < -0.3 is 9.64 Å². The van der Waals surface area contributed by atoms with Crippen LogP contribution in [-0.4, -0.2) is 30.4 Å². The molecule has 1 aliphatic heterocycles. The van der Waals surface area contributed by atoms with Crippen molar-refractivity contribution in [1.29, 1.82) is 0 Å². The second-order valence-electron chi connectivity index (χ2n) is 7.12. The number of halogens is 1. The molecule has 1 saturated heterocycles. The second kappa shape index (κ2) is 9.39. The second-order valence-corrected chi connectivity index (χ2v) is 7.12. The number of carbonyl (C=O) groups is 3. The Hall–Kier alpha value is -3.42. The highest BCUT2D eigenvalue weighted by Crippen LogP contribution is 2.25. The Kier molecular flexibility index (Phi) is 6.66. The van der Waals surface area contributed by atoms with Crippen molar-refractivity contribution in [2.45, 2.75) is 32.8 Å². The van der Waals surface area contributed by atoms with Crippen LogP contribution in [0.2, 0.25) is 0 Å². The number of hydrogen-bond acceptors (Lipinski definition) is 4. The first-order valence-corrected chi connectivity index (χ1v) is 9.78. The van der Waals surface area contributed by atoms with Crippen LogP contribution < -0.4 is 20.5 Å². The van der Waals surface area contributed by atoms with Crippen molar-refractivity contribution in [1.82, 2.24) is 10.9 Å². The van der Waals surface area contributed by atoms with Gasteiger partial charge in [-0.15, -0.1) is 0 Å². The fourth-order valence-electron chi connectivity index (χ4n) is 3.14. The van der Waals surface area contributed by atoms with Gasteiger partial charge in [-0.2, -0.15) is 0 Å². The van der Waals surface area contributed by atoms with Crippen LogP contribution in [0.4, 0.5) is 10.1 Å². The predicted molar refractivity (Wildman–Crippen MR) is 109 cm³/mol. The van der Waals surface area contributed by atoms with E-state index in [1.807, 2.05) is 24.3 Å². The lowest BCUT2D eigenvalue weighted by molar-refractivity contribution is -0.134. The molecule has 7 nitrogen and oxygen atoms in total. The molecule has 2 N–H and O–H groups in total.